The third-order valence-corrected chi connectivity index (χ3v) is 2.62. The van der Waals surface area contributed by atoms with Crippen LogP contribution in [0.5, 0.6) is 0 Å². The molecule has 2 aromatic rings. The lowest BCUT2D eigenvalue weighted by Gasteiger charge is -2.06. The summed E-state index contributed by atoms with van der Waals surface area (Å²) in [5, 5.41) is 2.79. The van der Waals surface area contributed by atoms with E-state index in [1.54, 1.807) is 0 Å². The summed E-state index contributed by atoms with van der Waals surface area (Å²) in [5.41, 5.74) is -0.0799. The molecular formula is C12H6Cl2F2N2O. The van der Waals surface area contributed by atoms with E-state index < -0.39 is 17.8 Å². The molecule has 1 amide bonds. The Morgan fingerprint density at radius 2 is 1.74 bits per heavy atom. The number of hydrogen-bond donors (Lipinski definition) is 1. The van der Waals surface area contributed by atoms with Crippen molar-refractivity contribution < 1.29 is 13.6 Å². The monoisotopic (exact) mass is 302 g/mol. The zero-order valence-electron chi connectivity index (χ0n) is 9.25. The molecule has 0 saturated carbocycles. The van der Waals surface area contributed by atoms with Crippen LogP contribution in [0.15, 0.2) is 30.3 Å². The zero-order chi connectivity index (χ0) is 14.0. The summed E-state index contributed by atoms with van der Waals surface area (Å²) in [6, 6.07) is 6.21. The summed E-state index contributed by atoms with van der Waals surface area (Å²) in [7, 11) is 0. The summed E-state index contributed by atoms with van der Waals surface area (Å²) in [6.07, 6.45) is 0. The molecule has 0 spiro atoms. The van der Waals surface area contributed by atoms with Gasteiger partial charge < -0.3 is 5.32 Å². The molecule has 19 heavy (non-hydrogen) atoms. The number of carbonyl (C=O) groups is 1. The third-order valence-electron chi connectivity index (χ3n) is 2.19. The molecule has 7 heteroatoms. The van der Waals surface area contributed by atoms with Crippen LogP contribution in [0, 0.1) is 11.9 Å². The minimum atomic E-state index is -1.11. The number of rotatable bonds is 2. The number of pyridine rings is 1. The van der Waals surface area contributed by atoms with E-state index in [4.69, 9.17) is 23.2 Å². The maximum atomic E-state index is 13.3. The first-order chi connectivity index (χ1) is 8.95. The average molecular weight is 303 g/mol. The lowest BCUT2D eigenvalue weighted by atomic mass is 10.2. The van der Waals surface area contributed by atoms with Crippen molar-refractivity contribution in [3.05, 3.63) is 57.8 Å². The van der Waals surface area contributed by atoms with Crippen molar-refractivity contribution in [2.24, 2.45) is 0 Å². The van der Waals surface area contributed by atoms with E-state index in [1.807, 2.05) is 0 Å². The average Bonchev–Trinajstić information content (AvgIpc) is 2.31. The Kier molecular flexibility index (Phi) is 3.97. The largest absolute Gasteiger partial charge is 0.318 e. The quantitative estimate of drug-likeness (QED) is 0.854. The highest BCUT2D eigenvalue weighted by atomic mass is 35.5. The van der Waals surface area contributed by atoms with Gasteiger partial charge in [-0.05, 0) is 30.3 Å². The predicted molar refractivity (Wildman–Crippen MR) is 68.6 cm³/mol. The van der Waals surface area contributed by atoms with Gasteiger partial charge in [0.15, 0.2) is 0 Å². The van der Waals surface area contributed by atoms with Gasteiger partial charge in [0.2, 0.25) is 11.9 Å². The normalized spacial score (nSPS) is 10.3. The molecule has 0 aliphatic heterocycles. The highest BCUT2D eigenvalue weighted by Crippen LogP contribution is 2.20. The molecule has 0 bridgehead atoms. The third kappa shape index (κ3) is 3.39. The fraction of sp³-hybridized carbons (Fsp3) is 0. The molecule has 1 heterocycles. The topological polar surface area (TPSA) is 42.0 Å². The van der Waals surface area contributed by atoms with Crippen LogP contribution in [0.1, 0.15) is 10.4 Å². The molecule has 0 saturated heterocycles. The molecule has 1 N–H and O–H groups in total. The highest BCUT2D eigenvalue weighted by molar-refractivity contribution is 6.35. The van der Waals surface area contributed by atoms with Gasteiger partial charge in [-0.1, -0.05) is 23.2 Å². The van der Waals surface area contributed by atoms with Gasteiger partial charge in [0, 0.05) is 15.6 Å². The number of amides is 1. The maximum Gasteiger partial charge on any atom is 0.255 e. The Morgan fingerprint density at radius 3 is 2.32 bits per heavy atom. The number of nitrogens with zero attached hydrogens (tertiary/aromatic N) is 1. The van der Waals surface area contributed by atoms with Gasteiger partial charge in [0.25, 0.3) is 5.91 Å². The van der Waals surface area contributed by atoms with Crippen LogP contribution in [0.2, 0.25) is 10.0 Å². The first-order valence-corrected chi connectivity index (χ1v) is 5.81. The summed E-state index contributed by atoms with van der Waals surface area (Å²) in [5.74, 6) is -2.71. The number of aromatic nitrogens is 1. The summed E-state index contributed by atoms with van der Waals surface area (Å²) in [6.45, 7) is 0. The number of hydrogen-bond acceptors (Lipinski definition) is 2. The fourth-order valence-corrected chi connectivity index (χ4v) is 1.91. The van der Waals surface area contributed by atoms with E-state index >= 15 is 0 Å². The SMILES string of the molecule is O=C(Nc1ccc(F)nc1F)c1cc(Cl)cc(Cl)c1. The molecule has 1 aromatic carbocycles. The second-order valence-electron chi connectivity index (χ2n) is 3.58. The minimum absolute atomic E-state index is 0.154. The number of benzene rings is 1. The number of anilines is 1. The summed E-state index contributed by atoms with van der Waals surface area (Å²) in [4.78, 5) is 14.8. The van der Waals surface area contributed by atoms with Gasteiger partial charge in [-0.25, -0.2) is 0 Å². The van der Waals surface area contributed by atoms with E-state index in [-0.39, 0.29) is 21.3 Å². The van der Waals surface area contributed by atoms with E-state index in [2.05, 4.69) is 10.3 Å². The Labute approximate surface area is 117 Å². The molecule has 0 aliphatic rings. The lowest BCUT2D eigenvalue weighted by molar-refractivity contribution is 0.102. The minimum Gasteiger partial charge on any atom is -0.318 e. The van der Waals surface area contributed by atoms with Crippen LogP contribution in [-0.4, -0.2) is 10.9 Å². The van der Waals surface area contributed by atoms with Gasteiger partial charge in [-0.2, -0.15) is 13.8 Å². The van der Waals surface area contributed by atoms with Crippen molar-refractivity contribution in [3.8, 4) is 0 Å². The van der Waals surface area contributed by atoms with Gasteiger partial charge >= 0.3 is 0 Å². The molecule has 0 fully saturated rings. The first kappa shape index (κ1) is 13.7. The van der Waals surface area contributed by atoms with Crippen molar-refractivity contribution in [2.45, 2.75) is 0 Å². The van der Waals surface area contributed by atoms with Crippen LogP contribution in [0.3, 0.4) is 0 Å². The molecule has 3 nitrogen and oxygen atoms in total. The standard InChI is InChI=1S/C12H6Cl2F2N2O/c13-7-3-6(4-8(14)5-7)12(19)17-9-1-2-10(15)18-11(9)16/h1-5H,(H,17,19). The molecule has 0 atom stereocenters. The zero-order valence-corrected chi connectivity index (χ0v) is 10.8. The fourth-order valence-electron chi connectivity index (χ4n) is 1.38. The number of nitrogens with one attached hydrogen (secondary N) is 1. The van der Waals surface area contributed by atoms with E-state index in [9.17, 15) is 13.6 Å². The van der Waals surface area contributed by atoms with Crippen molar-refractivity contribution >= 4 is 34.8 Å². The predicted octanol–water partition coefficient (Wildman–Crippen LogP) is 3.92. The van der Waals surface area contributed by atoms with Gasteiger partial charge in [0.05, 0.1) is 5.69 Å². The molecule has 0 radical (unpaired) electrons. The Hall–Kier alpha value is -1.72. The Bertz CT molecular complexity index is 629. The summed E-state index contributed by atoms with van der Waals surface area (Å²) >= 11 is 11.5. The molecule has 1 aromatic heterocycles. The lowest BCUT2D eigenvalue weighted by Crippen LogP contribution is -2.13. The van der Waals surface area contributed by atoms with Crippen LogP contribution in [-0.2, 0) is 0 Å². The van der Waals surface area contributed by atoms with Gasteiger partial charge in [-0.15, -0.1) is 0 Å². The Morgan fingerprint density at radius 1 is 1.11 bits per heavy atom. The smallest absolute Gasteiger partial charge is 0.255 e. The molecule has 0 aliphatic carbocycles. The van der Waals surface area contributed by atoms with E-state index in [0.29, 0.717) is 0 Å². The van der Waals surface area contributed by atoms with Gasteiger partial charge in [-0.3, -0.25) is 4.79 Å². The van der Waals surface area contributed by atoms with E-state index in [0.717, 1.165) is 12.1 Å². The Balaban J connectivity index is 2.25. The van der Waals surface area contributed by atoms with Crippen molar-refractivity contribution in [1.29, 1.82) is 0 Å². The van der Waals surface area contributed by atoms with E-state index in [1.165, 1.54) is 18.2 Å². The van der Waals surface area contributed by atoms with Crippen LogP contribution in [0.25, 0.3) is 0 Å². The van der Waals surface area contributed by atoms with Crippen LogP contribution in [0.4, 0.5) is 14.5 Å². The van der Waals surface area contributed by atoms with Gasteiger partial charge in [0.1, 0.15) is 0 Å². The second kappa shape index (κ2) is 5.50. The summed E-state index contributed by atoms with van der Waals surface area (Å²) < 4.78 is 25.9. The molecule has 98 valence electrons. The first-order valence-electron chi connectivity index (χ1n) is 5.05. The molecule has 0 unspecified atom stereocenters. The highest BCUT2D eigenvalue weighted by Gasteiger charge is 2.12. The van der Waals surface area contributed by atoms with Crippen molar-refractivity contribution in [3.63, 3.8) is 0 Å². The number of carbonyl (C=O) groups excluding carboxylic acids is 1. The van der Waals surface area contributed by atoms with Crippen LogP contribution < -0.4 is 5.32 Å². The second-order valence-corrected chi connectivity index (χ2v) is 4.46. The van der Waals surface area contributed by atoms with Crippen molar-refractivity contribution in [1.82, 2.24) is 4.98 Å². The number of halogens is 4. The maximum absolute atomic E-state index is 13.3. The molecule has 2 rings (SSSR count). The van der Waals surface area contributed by atoms with Crippen molar-refractivity contribution in [2.75, 3.05) is 5.32 Å². The van der Waals surface area contributed by atoms with Crippen LogP contribution >= 0.6 is 23.2 Å². The molecular weight excluding hydrogens is 297 g/mol.